The summed E-state index contributed by atoms with van der Waals surface area (Å²) in [5.41, 5.74) is 10.5. The molecule has 0 aliphatic carbocycles. The van der Waals surface area contributed by atoms with E-state index in [-0.39, 0.29) is 30.3 Å². The van der Waals surface area contributed by atoms with E-state index in [0.29, 0.717) is 79.6 Å². The third kappa shape index (κ3) is 13.9. The molecule has 0 aliphatic rings. The van der Waals surface area contributed by atoms with E-state index in [1.165, 1.54) is 24.6 Å². The van der Waals surface area contributed by atoms with Crippen LogP contribution < -0.4 is 32.4 Å². The van der Waals surface area contributed by atoms with Crippen molar-refractivity contribution in [3.05, 3.63) is 202 Å². The molecule has 0 unspecified atom stereocenters. The maximum absolute atomic E-state index is 11.8. The quantitative estimate of drug-likeness (QED) is 0.0300. The third-order valence-electron chi connectivity index (χ3n) is 11.7. The summed E-state index contributed by atoms with van der Waals surface area (Å²) < 4.78 is 22.7. The Hall–Kier alpha value is -9.84. The van der Waals surface area contributed by atoms with Gasteiger partial charge in [0, 0.05) is 101 Å². The number of benzene rings is 2. The van der Waals surface area contributed by atoms with Crippen LogP contribution in [0.1, 0.15) is 30.0 Å². The van der Waals surface area contributed by atoms with E-state index in [1.807, 2.05) is 111 Å². The van der Waals surface area contributed by atoms with Gasteiger partial charge in [0.05, 0.1) is 69.4 Å². The average Bonchev–Trinajstić information content (AvgIpc) is 3.50. The van der Waals surface area contributed by atoms with E-state index in [1.54, 1.807) is 49.1 Å². The van der Waals surface area contributed by atoms with Crippen molar-refractivity contribution >= 4 is 57.2 Å². The van der Waals surface area contributed by atoms with E-state index in [9.17, 15) is 9.59 Å². The Morgan fingerprint density at radius 2 is 0.962 bits per heavy atom. The van der Waals surface area contributed by atoms with Gasteiger partial charge in [-0.05, 0) is 104 Å². The van der Waals surface area contributed by atoms with Crippen LogP contribution in [0.2, 0.25) is 0 Å². The van der Waals surface area contributed by atoms with E-state index in [4.69, 9.17) is 40.0 Å². The number of aliphatic imine (C=N–C) groups is 2. The number of nitrogens with two attached hydrogens (primary N) is 2. The number of rotatable bonds is 16. The van der Waals surface area contributed by atoms with Gasteiger partial charge in [-0.3, -0.25) is 29.9 Å². The molecule has 0 amide bonds. The zero-order valence-electron chi connectivity index (χ0n) is 42.5. The number of fused-ring (bicyclic) bond motifs is 2. The summed E-state index contributed by atoms with van der Waals surface area (Å²) in [5.74, 6) is 12.4. The van der Waals surface area contributed by atoms with E-state index in [2.05, 4.69) is 53.1 Å². The fourth-order valence-electron chi connectivity index (χ4n) is 7.99. The van der Waals surface area contributed by atoms with Crippen molar-refractivity contribution in [2.45, 2.75) is 33.6 Å². The minimum atomic E-state index is -0.406. The Balaban J connectivity index is 0.000000204. The Labute approximate surface area is 457 Å². The predicted octanol–water partition coefficient (Wildman–Crippen LogP) is 10.4. The Morgan fingerprint density at radius 3 is 1.38 bits per heavy atom. The van der Waals surface area contributed by atoms with Crippen molar-refractivity contribution in [3.63, 3.8) is 0 Å². The number of aryl methyl sites for hydroxylation is 3. The number of aromatic nitrogens is 6. The van der Waals surface area contributed by atoms with Crippen molar-refractivity contribution < 1.29 is 35.4 Å². The first-order valence-electron chi connectivity index (χ1n) is 24.3. The maximum atomic E-state index is 11.8. The van der Waals surface area contributed by atoms with Crippen LogP contribution in [0.25, 0.3) is 67.5 Å². The molecule has 390 valence electrons. The Kier molecular flexibility index (Phi) is 18.2. The maximum Gasteiger partial charge on any atom is 0.336 e. The van der Waals surface area contributed by atoms with Crippen LogP contribution in [0.4, 0.5) is 11.4 Å². The molecule has 2 aromatic carbocycles. The van der Waals surface area contributed by atoms with Gasteiger partial charge in [0.15, 0.2) is 0 Å². The fourth-order valence-corrected chi connectivity index (χ4v) is 7.99. The minimum Gasteiger partial charge on any atom is -0.487 e. The van der Waals surface area contributed by atoms with Gasteiger partial charge in [0.25, 0.3) is 0 Å². The second kappa shape index (κ2) is 26.1. The smallest absolute Gasteiger partial charge is 0.336 e. The molecule has 8 heterocycles. The first-order valence-corrected chi connectivity index (χ1v) is 24.3. The first-order chi connectivity index (χ1) is 37.6. The van der Waals surface area contributed by atoms with Crippen molar-refractivity contribution in [1.29, 1.82) is 0 Å². The van der Waals surface area contributed by atoms with Crippen LogP contribution in [0, 0.1) is 13.8 Å². The SMILES string of the molecule is CCCc1cccnc1-c1cc(OC/C(C=Nc2ccc3c(C)cc(=O)oc3c2)=N/N)cc(-c2ccccn2)n1.Cc1cc(=O)oc2cc(N=C/C(COc3cc(-c4ccccn4)nc(-c4ccccn4)c3)=N\N)ccc12.[Fe]. The molecule has 8 aromatic heterocycles. The molecular formula is C59H50FeN12O6. The summed E-state index contributed by atoms with van der Waals surface area (Å²) in [4.78, 5) is 59.8. The van der Waals surface area contributed by atoms with Gasteiger partial charge in [-0.15, -0.1) is 0 Å². The zero-order valence-corrected chi connectivity index (χ0v) is 43.6. The van der Waals surface area contributed by atoms with Crippen LogP contribution in [-0.2, 0) is 23.5 Å². The molecule has 0 spiro atoms. The summed E-state index contributed by atoms with van der Waals surface area (Å²) in [6, 6.07) is 41.8. The molecular weight excluding hydrogens is 1030 g/mol. The van der Waals surface area contributed by atoms with Crippen molar-refractivity contribution in [2.75, 3.05) is 13.2 Å². The fraction of sp³-hybridized carbons (Fsp3) is 0.119. The molecule has 4 N–H and O–H groups in total. The number of pyridine rings is 6. The molecule has 10 aromatic rings. The molecule has 0 bridgehead atoms. The van der Waals surface area contributed by atoms with Gasteiger partial charge < -0.3 is 30.0 Å². The van der Waals surface area contributed by atoms with Gasteiger partial charge in [-0.1, -0.05) is 37.6 Å². The van der Waals surface area contributed by atoms with Crippen LogP contribution in [0.5, 0.6) is 11.5 Å². The van der Waals surface area contributed by atoms with Crippen molar-refractivity contribution in [2.24, 2.45) is 31.9 Å². The topological polar surface area (TPSA) is 258 Å². The molecule has 0 fully saturated rings. The predicted molar refractivity (Wildman–Crippen MR) is 300 cm³/mol. The monoisotopic (exact) mass is 1080 g/mol. The van der Waals surface area contributed by atoms with Gasteiger partial charge in [0.2, 0.25) is 0 Å². The van der Waals surface area contributed by atoms with Crippen LogP contribution in [0.3, 0.4) is 0 Å². The molecule has 0 atom stereocenters. The molecule has 10 rings (SSSR count). The summed E-state index contributed by atoms with van der Waals surface area (Å²) in [7, 11) is 0. The third-order valence-corrected chi connectivity index (χ3v) is 11.7. The molecule has 0 aliphatic heterocycles. The molecule has 19 heteroatoms. The van der Waals surface area contributed by atoms with E-state index < -0.39 is 11.3 Å². The molecule has 78 heavy (non-hydrogen) atoms. The standard InChI is InChI=1S/C31H28N6O3.C28H22N6O3.Fe/c1-3-7-21-8-6-13-34-31(21)28-17-24(16-27(36-28)26-9-4-5-12-33-26)39-19-23(37-32)18-35-22-10-11-25-20(2)14-30(38)40-29(25)15-22;1-18-12-28(35)37-27-13-19(8-9-22(18)27)32-16-20(34-29)17-36-21-14-25(23-6-2-4-10-30-23)33-26(15-21)24-7-3-5-11-31-24;/h4-6,8-18H,3,7,19,32H2,1-2H3;2-16H,17,29H2,1H3;/b35-18?,37-23+;32-16?,34-20+;. The summed E-state index contributed by atoms with van der Waals surface area (Å²) in [6.45, 7) is 5.98. The molecule has 0 saturated carbocycles. The number of nitrogens with zero attached hydrogens (tertiary/aromatic N) is 10. The van der Waals surface area contributed by atoms with Gasteiger partial charge in [-0.25, -0.2) is 19.6 Å². The summed E-state index contributed by atoms with van der Waals surface area (Å²) >= 11 is 0. The van der Waals surface area contributed by atoms with Gasteiger partial charge >= 0.3 is 11.3 Å². The second-order valence-electron chi connectivity index (χ2n) is 17.2. The van der Waals surface area contributed by atoms with Crippen LogP contribution >= 0.6 is 0 Å². The molecule has 18 nitrogen and oxygen atoms in total. The van der Waals surface area contributed by atoms with E-state index >= 15 is 0 Å². The minimum absolute atomic E-state index is 0. The van der Waals surface area contributed by atoms with Crippen molar-refractivity contribution in [1.82, 2.24) is 29.9 Å². The molecule has 0 saturated heterocycles. The van der Waals surface area contributed by atoms with Crippen LogP contribution in [-0.4, -0.2) is 67.0 Å². The van der Waals surface area contributed by atoms with E-state index in [0.717, 1.165) is 51.7 Å². The molecule has 0 radical (unpaired) electrons. The normalized spacial score (nSPS) is 11.6. The van der Waals surface area contributed by atoms with Crippen LogP contribution in [0.15, 0.2) is 203 Å². The second-order valence-corrected chi connectivity index (χ2v) is 17.2. The van der Waals surface area contributed by atoms with Gasteiger partial charge in [0.1, 0.15) is 47.3 Å². The summed E-state index contributed by atoms with van der Waals surface area (Å²) in [6.07, 6.45) is 11.8. The average molecular weight is 1080 g/mol. The zero-order chi connectivity index (χ0) is 53.5. The number of hydrazone groups is 2. The largest absolute Gasteiger partial charge is 0.487 e. The number of ether oxygens (including phenoxy) is 2. The Bertz CT molecular complexity index is 3890. The summed E-state index contributed by atoms with van der Waals surface area (Å²) in [5, 5.41) is 9.33. The van der Waals surface area contributed by atoms with Crippen molar-refractivity contribution in [3.8, 4) is 57.1 Å². The number of hydrogen-bond donors (Lipinski definition) is 2. The van der Waals surface area contributed by atoms with Gasteiger partial charge in [-0.2, -0.15) is 10.2 Å². The first kappa shape index (κ1) is 54.4. The number of hydrogen-bond acceptors (Lipinski definition) is 18. The Morgan fingerprint density at radius 1 is 0.526 bits per heavy atom.